The minimum Gasteiger partial charge on any atom is -0.497 e. The van der Waals surface area contributed by atoms with Crippen LogP contribution in [0.3, 0.4) is 0 Å². The van der Waals surface area contributed by atoms with Gasteiger partial charge in [-0.25, -0.2) is 4.39 Å². The lowest BCUT2D eigenvalue weighted by Gasteiger charge is -2.16. The zero-order valence-electron chi connectivity index (χ0n) is 15.1. The molecule has 0 aromatic heterocycles. The van der Waals surface area contributed by atoms with E-state index in [1.807, 2.05) is 0 Å². The van der Waals surface area contributed by atoms with Gasteiger partial charge in [-0.15, -0.1) is 0 Å². The molecule has 0 radical (unpaired) electrons. The van der Waals surface area contributed by atoms with Crippen LogP contribution in [0.1, 0.15) is 15.9 Å². The molecule has 0 fully saturated rings. The maximum atomic E-state index is 13.9. The Bertz CT molecular complexity index is 1030. The molecule has 0 atom stereocenters. The van der Waals surface area contributed by atoms with Gasteiger partial charge in [0.25, 0.3) is 5.91 Å². The number of halogens is 4. The summed E-state index contributed by atoms with van der Waals surface area (Å²) in [6, 6.07) is 14.2. The van der Waals surface area contributed by atoms with Crippen LogP contribution in [-0.4, -0.2) is 13.0 Å². The molecule has 3 aromatic carbocycles. The molecule has 1 amide bonds. The Balaban J connectivity index is 1.97. The minimum absolute atomic E-state index is 0.0454. The second kappa shape index (κ2) is 8.22. The smallest absolute Gasteiger partial charge is 0.416 e. The summed E-state index contributed by atoms with van der Waals surface area (Å²) in [7, 11) is 1.46. The Morgan fingerprint density at radius 2 is 1.66 bits per heavy atom. The van der Waals surface area contributed by atoms with Crippen molar-refractivity contribution in [2.45, 2.75) is 6.18 Å². The highest BCUT2D eigenvalue weighted by Crippen LogP contribution is 2.37. The molecule has 1 N–H and O–H groups in total. The van der Waals surface area contributed by atoms with Crippen LogP contribution in [0.15, 0.2) is 66.7 Å². The van der Waals surface area contributed by atoms with Crippen LogP contribution in [0.4, 0.5) is 23.2 Å². The largest absolute Gasteiger partial charge is 0.497 e. The molecule has 3 rings (SSSR count). The summed E-state index contributed by atoms with van der Waals surface area (Å²) in [5.74, 6) is -0.988. The van der Waals surface area contributed by atoms with Crippen molar-refractivity contribution in [3.63, 3.8) is 0 Å². The molecular formula is C21H15F4NO3. The highest BCUT2D eigenvalue weighted by Gasteiger charge is 2.31. The molecule has 0 aliphatic rings. The lowest BCUT2D eigenvalue weighted by molar-refractivity contribution is -0.137. The summed E-state index contributed by atoms with van der Waals surface area (Å²) in [5.41, 5.74) is -1.55. The van der Waals surface area contributed by atoms with Crippen LogP contribution < -0.4 is 14.8 Å². The molecule has 0 aliphatic carbocycles. The number of methoxy groups -OCH3 is 1. The van der Waals surface area contributed by atoms with Crippen molar-refractivity contribution in [1.82, 2.24) is 0 Å². The van der Waals surface area contributed by atoms with Gasteiger partial charge in [0, 0.05) is 6.07 Å². The van der Waals surface area contributed by atoms with E-state index in [9.17, 15) is 22.4 Å². The summed E-state index contributed by atoms with van der Waals surface area (Å²) in [6.07, 6.45) is -4.63. The second-order valence-electron chi connectivity index (χ2n) is 5.92. The number of carbonyl (C=O) groups excluding carboxylic acids is 1. The van der Waals surface area contributed by atoms with Gasteiger partial charge in [0.15, 0.2) is 5.75 Å². The molecule has 0 heterocycles. The quantitative estimate of drug-likeness (QED) is 0.538. The van der Waals surface area contributed by atoms with Crippen molar-refractivity contribution < 1.29 is 31.8 Å². The third-order valence-corrected chi connectivity index (χ3v) is 3.94. The van der Waals surface area contributed by atoms with Crippen molar-refractivity contribution in [3.8, 4) is 17.2 Å². The molecule has 8 heteroatoms. The number of amides is 1. The van der Waals surface area contributed by atoms with E-state index < -0.39 is 23.5 Å². The Labute approximate surface area is 163 Å². The molecule has 0 bridgehead atoms. The average molecular weight is 405 g/mol. The summed E-state index contributed by atoms with van der Waals surface area (Å²) in [6.45, 7) is 0. The lowest BCUT2D eigenvalue weighted by atomic mass is 10.1. The number of rotatable bonds is 5. The van der Waals surface area contributed by atoms with Crippen LogP contribution in [0, 0.1) is 5.82 Å². The van der Waals surface area contributed by atoms with E-state index in [-0.39, 0.29) is 22.7 Å². The number of anilines is 1. The van der Waals surface area contributed by atoms with E-state index in [1.54, 1.807) is 18.2 Å². The first-order valence-electron chi connectivity index (χ1n) is 8.37. The van der Waals surface area contributed by atoms with Gasteiger partial charge < -0.3 is 14.8 Å². The Hall–Kier alpha value is -3.55. The van der Waals surface area contributed by atoms with Gasteiger partial charge in [0.2, 0.25) is 0 Å². The maximum absolute atomic E-state index is 13.9. The van der Waals surface area contributed by atoms with Crippen LogP contribution in [0.2, 0.25) is 0 Å². The lowest BCUT2D eigenvalue weighted by Crippen LogP contribution is -2.15. The first-order valence-corrected chi connectivity index (χ1v) is 8.37. The first kappa shape index (κ1) is 20.2. The standard InChI is InChI=1S/C21H15F4NO3/c1-28-14-5-4-6-15(12-14)29-19-10-9-13(21(23,24)25)11-18(19)26-20(27)16-7-2-3-8-17(16)22/h2-12H,1H3,(H,26,27). The van der Waals surface area contributed by atoms with Gasteiger partial charge >= 0.3 is 6.18 Å². The maximum Gasteiger partial charge on any atom is 0.416 e. The van der Waals surface area contributed by atoms with Crippen LogP contribution in [0.5, 0.6) is 17.2 Å². The van der Waals surface area contributed by atoms with Gasteiger partial charge in [-0.1, -0.05) is 18.2 Å². The minimum atomic E-state index is -4.63. The van der Waals surface area contributed by atoms with Crippen molar-refractivity contribution in [2.75, 3.05) is 12.4 Å². The van der Waals surface area contributed by atoms with Crippen LogP contribution >= 0.6 is 0 Å². The van der Waals surface area contributed by atoms with E-state index in [0.717, 1.165) is 24.3 Å². The first-order chi connectivity index (χ1) is 13.8. The zero-order chi connectivity index (χ0) is 21.0. The Kier molecular flexibility index (Phi) is 5.72. The van der Waals surface area contributed by atoms with Gasteiger partial charge in [0.05, 0.1) is 23.9 Å². The average Bonchev–Trinajstić information content (AvgIpc) is 2.69. The van der Waals surface area contributed by atoms with Gasteiger partial charge in [0.1, 0.15) is 17.3 Å². The summed E-state index contributed by atoms with van der Waals surface area (Å²) >= 11 is 0. The zero-order valence-corrected chi connectivity index (χ0v) is 15.1. The van der Waals surface area contributed by atoms with E-state index in [0.29, 0.717) is 5.75 Å². The number of nitrogens with one attached hydrogen (secondary N) is 1. The molecule has 0 aliphatic heterocycles. The fraction of sp³-hybridized carbons (Fsp3) is 0.0952. The summed E-state index contributed by atoms with van der Waals surface area (Å²) in [4.78, 5) is 12.4. The molecule has 0 unspecified atom stereocenters. The third-order valence-electron chi connectivity index (χ3n) is 3.94. The van der Waals surface area contributed by atoms with E-state index in [2.05, 4.69) is 5.32 Å². The molecule has 29 heavy (non-hydrogen) atoms. The number of benzene rings is 3. The molecule has 4 nitrogen and oxygen atoms in total. The van der Waals surface area contributed by atoms with Crippen LogP contribution in [0.25, 0.3) is 0 Å². The SMILES string of the molecule is COc1cccc(Oc2ccc(C(F)(F)F)cc2NC(=O)c2ccccc2F)c1. The fourth-order valence-corrected chi connectivity index (χ4v) is 2.52. The van der Waals surface area contributed by atoms with Gasteiger partial charge in [-0.05, 0) is 42.5 Å². The molecular weight excluding hydrogens is 390 g/mol. The van der Waals surface area contributed by atoms with Crippen molar-refractivity contribution in [3.05, 3.63) is 83.7 Å². The highest BCUT2D eigenvalue weighted by molar-refractivity contribution is 6.05. The molecule has 0 saturated carbocycles. The van der Waals surface area contributed by atoms with Crippen molar-refractivity contribution >= 4 is 11.6 Å². The fourth-order valence-electron chi connectivity index (χ4n) is 2.52. The Morgan fingerprint density at radius 3 is 2.34 bits per heavy atom. The van der Waals surface area contributed by atoms with E-state index in [1.165, 1.54) is 31.4 Å². The summed E-state index contributed by atoms with van der Waals surface area (Å²) < 4.78 is 63.9. The topological polar surface area (TPSA) is 47.6 Å². The summed E-state index contributed by atoms with van der Waals surface area (Å²) in [5, 5.41) is 2.29. The van der Waals surface area contributed by atoms with Gasteiger partial charge in [-0.2, -0.15) is 13.2 Å². The van der Waals surface area contributed by atoms with Crippen molar-refractivity contribution in [1.29, 1.82) is 0 Å². The Morgan fingerprint density at radius 1 is 0.931 bits per heavy atom. The number of ether oxygens (including phenoxy) is 2. The number of alkyl halides is 3. The molecule has 0 saturated heterocycles. The number of hydrogen-bond acceptors (Lipinski definition) is 3. The van der Waals surface area contributed by atoms with E-state index >= 15 is 0 Å². The number of carbonyl (C=O) groups is 1. The van der Waals surface area contributed by atoms with Crippen molar-refractivity contribution in [2.24, 2.45) is 0 Å². The third kappa shape index (κ3) is 4.84. The molecule has 3 aromatic rings. The number of hydrogen-bond donors (Lipinski definition) is 1. The van der Waals surface area contributed by atoms with E-state index in [4.69, 9.17) is 9.47 Å². The predicted molar refractivity (Wildman–Crippen MR) is 98.9 cm³/mol. The highest BCUT2D eigenvalue weighted by atomic mass is 19.4. The molecule has 0 spiro atoms. The monoisotopic (exact) mass is 405 g/mol. The second-order valence-corrected chi connectivity index (χ2v) is 5.92. The van der Waals surface area contributed by atoms with Gasteiger partial charge in [-0.3, -0.25) is 4.79 Å². The molecule has 150 valence electrons. The predicted octanol–water partition coefficient (Wildman–Crippen LogP) is 5.90. The van der Waals surface area contributed by atoms with Crippen LogP contribution in [-0.2, 0) is 6.18 Å². The normalized spacial score (nSPS) is 11.1.